The number of H-pyrrole nitrogens is 1. The minimum absolute atomic E-state index is 0.117. The van der Waals surface area contributed by atoms with Gasteiger partial charge >= 0.3 is 12.0 Å². The maximum atomic E-state index is 12.3. The Balaban J connectivity index is 1.66. The first-order valence-electron chi connectivity index (χ1n) is 13.5. The summed E-state index contributed by atoms with van der Waals surface area (Å²) >= 11 is 0. The van der Waals surface area contributed by atoms with Gasteiger partial charge in [0.2, 0.25) is 0 Å². The monoisotopic (exact) mass is 540 g/mol. The van der Waals surface area contributed by atoms with E-state index in [-0.39, 0.29) is 6.42 Å². The van der Waals surface area contributed by atoms with Crippen molar-refractivity contribution < 1.29 is 24.2 Å². The van der Waals surface area contributed by atoms with Crippen molar-refractivity contribution in [3.63, 3.8) is 0 Å². The lowest BCUT2D eigenvalue weighted by molar-refractivity contribution is -0.139. The lowest BCUT2D eigenvalue weighted by atomic mass is 10.0. The zero-order valence-corrected chi connectivity index (χ0v) is 23.2. The number of imidazole rings is 1. The molecule has 39 heavy (non-hydrogen) atoms. The lowest BCUT2D eigenvalue weighted by Gasteiger charge is -2.24. The summed E-state index contributed by atoms with van der Waals surface area (Å²) in [5.41, 5.74) is 3.52. The van der Waals surface area contributed by atoms with Crippen molar-refractivity contribution >= 4 is 28.6 Å². The summed E-state index contributed by atoms with van der Waals surface area (Å²) in [6.07, 6.45) is 9.60. The van der Waals surface area contributed by atoms with Gasteiger partial charge in [-0.2, -0.15) is 0 Å². The second kappa shape index (κ2) is 14.8. The number of aromatic amines is 1. The molecular weight excluding hydrogens is 500 g/mol. The molecule has 1 aromatic carbocycles. The van der Waals surface area contributed by atoms with Crippen molar-refractivity contribution in [2.45, 2.75) is 58.4 Å². The van der Waals surface area contributed by atoms with Crippen LogP contribution in [0.4, 0.5) is 10.5 Å². The molecule has 212 valence electrons. The van der Waals surface area contributed by atoms with Gasteiger partial charge in [0, 0.05) is 50.7 Å². The first kappa shape index (κ1) is 29.5. The Kier molecular flexibility index (Phi) is 11.2. The number of hydrogen-bond donors (Lipinski definition) is 4. The molecule has 0 aliphatic heterocycles. The van der Waals surface area contributed by atoms with Gasteiger partial charge in [-0.15, -0.1) is 0 Å². The highest BCUT2D eigenvalue weighted by Crippen LogP contribution is 2.42. The third-order valence-electron chi connectivity index (χ3n) is 6.54. The number of carbonyl (C=O) groups excluding carboxylic acids is 1. The van der Waals surface area contributed by atoms with Gasteiger partial charge < -0.3 is 35.1 Å². The number of rotatable bonds is 16. The highest BCUT2D eigenvalue weighted by atomic mass is 16.5. The van der Waals surface area contributed by atoms with Crippen LogP contribution in [0.1, 0.15) is 50.8 Å². The van der Waals surface area contributed by atoms with E-state index in [1.165, 1.54) is 12.5 Å². The predicted octanol–water partition coefficient (Wildman–Crippen LogP) is 3.92. The van der Waals surface area contributed by atoms with E-state index in [2.05, 4.69) is 39.3 Å². The quantitative estimate of drug-likeness (QED) is 0.200. The fourth-order valence-electron chi connectivity index (χ4n) is 4.40. The van der Waals surface area contributed by atoms with Crippen LogP contribution in [0.2, 0.25) is 0 Å². The largest absolute Gasteiger partial charge is 0.493 e. The van der Waals surface area contributed by atoms with E-state index in [4.69, 9.17) is 14.5 Å². The number of hydrogen-bond acceptors (Lipinski definition) is 7. The summed E-state index contributed by atoms with van der Waals surface area (Å²) in [5, 5.41) is 15.7. The number of unbranched alkanes of at least 4 members (excludes halogenated alkanes) is 2. The number of fused-ring (bicyclic) bond motifs is 1. The molecular formula is C28H40N6O5. The van der Waals surface area contributed by atoms with E-state index in [0.29, 0.717) is 37.6 Å². The fraction of sp³-hybridized carbons (Fsp3) is 0.500. The van der Waals surface area contributed by atoms with Crippen molar-refractivity contribution in [2.24, 2.45) is 0 Å². The first-order chi connectivity index (χ1) is 18.9. The van der Waals surface area contributed by atoms with E-state index in [1.807, 2.05) is 25.4 Å². The van der Waals surface area contributed by atoms with Crippen LogP contribution in [-0.4, -0.2) is 72.0 Å². The molecule has 0 saturated heterocycles. The van der Waals surface area contributed by atoms with Crippen LogP contribution < -0.4 is 25.0 Å². The Morgan fingerprint density at radius 3 is 2.72 bits per heavy atom. The highest BCUT2D eigenvalue weighted by Gasteiger charge is 2.22. The van der Waals surface area contributed by atoms with E-state index >= 15 is 0 Å². The van der Waals surface area contributed by atoms with E-state index in [0.717, 1.165) is 53.6 Å². The zero-order valence-electron chi connectivity index (χ0n) is 23.2. The SMILES string of the molecule is CCCCCOc1c(OC)cc(N(C)CCCNC(=O)N[C@@H](Cc2cnc[nH]2)C(=O)O)c2nccc(CC)c12. The molecule has 0 spiro atoms. The van der Waals surface area contributed by atoms with E-state index < -0.39 is 18.0 Å². The summed E-state index contributed by atoms with van der Waals surface area (Å²) in [6, 6.07) is 2.38. The Labute approximate surface area is 229 Å². The number of anilines is 1. The molecule has 0 radical (unpaired) electrons. The second-order valence-corrected chi connectivity index (χ2v) is 9.38. The zero-order chi connectivity index (χ0) is 28.2. The highest BCUT2D eigenvalue weighted by molar-refractivity contribution is 5.99. The maximum absolute atomic E-state index is 12.3. The van der Waals surface area contributed by atoms with Gasteiger partial charge in [-0.3, -0.25) is 4.98 Å². The minimum atomic E-state index is -1.11. The molecule has 3 aromatic rings. The third kappa shape index (κ3) is 7.98. The number of ether oxygens (including phenoxy) is 2. The average molecular weight is 541 g/mol. The number of carboxylic acids is 1. The van der Waals surface area contributed by atoms with E-state index in [1.54, 1.807) is 7.11 Å². The van der Waals surface area contributed by atoms with Crippen LogP contribution in [0.25, 0.3) is 10.9 Å². The van der Waals surface area contributed by atoms with Crippen LogP contribution in [0, 0.1) is 0 Å². The number of methoxy groups -OCH3 is 1. The number of urea groups is 1. The maximum Gasteiger partial charge on any atom is 0.326 e. The molecule has 0 unspecified atom stereocenters. The molecule has 11 heteroatoms. The van der Waals surface area contributed by atoms with Crippen molar-refractivity contribution in [1.29, 1.82) is 0 Å². The molecule has 2 heterocycles. The normalized spacial score (nSPS) is 11.7. The first-order valence-corrected chi connectivity index (χ1v) is 13.5. The molecule has 0 fully saturated rings. The number of pyridine rings is 1. The van der Waals surface area contributed by atoms with Crippen molar-refractivity contribution in [1.82, 2.24) is 25.6 Å². The van der Waals surface area contributed by atoms with Gasteiger partial charge in [0.15, 0.2) is 11.5 Å². The molecule has 0 bridgehead atoms. The Hall–Kier alpha value is -4.02. The second-order valence-electron chi connectivity index (χ2n) is 9.38. The molecule has 0 aliphatic rings. The van der Waals surface area contributed by atoms with Gasteiger partial charge in [-0.25, -0.2) is 14.6 Å². The standard InChI is InChI=1S/C28H40N6O5/c1-5-7-8-14-39-26-23(38-4)16-22(25-24(26)19(6-2)10-12-30-25)34(3)13-9-11-31-28(37)33-21(27(35)36)15-20-17-29-18-32-20/h10,12,16-18,21H,5-9,11,13-15H2,1-4H3,(H,29,32)(H,35,36)(H2,31,33,37)/t21-/m0/s1. The topological polar surface area (TPSA) is 142 Å². The summed E-state index contributed by atoms with van der Waals surface area (Å²) < 4.78 is 12.0. The number of aromatic nitrogens is 3. The molecule has 0 saturated carbocycles. The summed E-state index contributed by atoms with van der Waals surface area (Å²) in [4.78, 5) is 37.4. The van der Waals surface area contributed by atoms with Crippen LogP contribution in [0.5, 0.6) is 11.5 Å². The van der Waals surface area contributed by atoms with Gasteiger partial charge in [0.1, 0.15) is 6.04 Å². The molecule has 2 amide bonds. The average Bonchev–Trinajstić information content (AvgIpc) is 3.45. The molecule has 4 N–H and O–H groups in total. The summed E-state index contributed by atoms with van der Waals surface area (Å²) in [7, 11) is 3.62. The minimum Gasteiger partial charge on any atom is -0.493 e. The van der Waals surface area contributed by atoms with Gasteiger partial charge in [0.25, 0.3) is 0 Å². The van der Waals surface area contributed by atoms with Crippen molar-refractivity contribution in [3.8, 4) is 11.5 Å². The number of amides is 2. The Morgan fingerprint density at radius 2 is 2.05 bits per heavy atom. The van der Waals surface area contributed by atoms with Gasteiger partial charge in [-0.05, 0) is 30.9 Å². The Morgan fingerprint density at radius 1 is 1.23 bits per heavy atom. The Bertz CT molecular complexity index is 1220. The predicted molar refractivity (Wildman–Crippen MR) is 151 cm³/mol. The summed E-state index contributed by atoms with van der Waals surface area (Å²) in [6.45, 7) is 5.89. The van der Waals surface area contributed by atoms with Crippen LogP contribution in [0.15, 0.2) is 30.9 Å². The molecule has 0 aliphatic carbocycles. The summed E-state index contributed by atoms with van der Waals surface area (Å²) in [5.74, 6) is 0.280. The van der Waals surface area contributed by atoms with Crippen LogP contribution in [-0.2, 0) is 17.6 Å². The number of aryl methyl sites for hydroxylation is 1. The lowest BCUT2D eigenvalue weighted by Crippen LogP contribution is -2.47. The smallest absolute Gasteiger partial charge is 0.326 e. The van der Waals surface area contributed by atoms with Crippen LogP contribution in [0.3, 0.4) is 0 Å². The molecule has 1 atom stereocenters. The van der Waals surface area contributed by atoms with Crippen molar-refractivity contribution in [3.05, 3.63) is 42.1 Å². The van der Waals surface area contributed by atoms with Gasteiger partial charge in [0.05, 0.1) is 36.6 Å². The van der Waals surface area contributed by atoms with Crippen molar-refractivity contribution in [2.75, 3.05) is 38.8 Å². The van der Waals surface area contributed by atoms with E-state index in [9.17, 15) is 14.7 Å². The fourth-order valence-corrected chi connectivity index (χ4v) is 4.40. The number of carboxylic acid groups (broad SMARTS) is 1. The van der Waals surface area contributed by atoms with Crippen LogP contribution >= 0.6 is 0 Å². The number of aliphatic carboxylic acids is 1. The van der Waals surface area contributed by atoms with Gasteiger partial charge in [-0.1, -0.05) is 26.7 Å². The number of benzene rings is 1. The molecule has 2 aromatic heterocycles. The third-order valence-corrected chi connectivity index (χ3v) is 6.54. The molecule has 3 rings (SSSR count). The number of nitrogens with zero attached hydrogens (tertiary/aromatic N) is 3. The number of carbonyl (C=O) groups is 2. The number of nitrogens with one attached hydrogen (secondary N) is 3. The molecule has 11 nitrogen and oxygen atoms in total.